The molecule has 0 aromatic heterocycles. The smallest absolute Gasteiger partial charge is 0.225 e. The summed E-state index contributed by atoms with van der Waals surface area (Å²) in [6, 6.07) is 5.18. The maximum atomic E-state index is 11.7. The van der Waals surface area contributed by atoms with Crippen molar-refractivity contribution in [1.82, 2.24) is 5.32 Å². The molecule has 1 rings (SSSR count). The van der Waals surface area contributed by atoms with Crippen molar-refractivity contribution in [2.75, 3.05) is 25.0 Å². The van der Waals surface area contributed by atoms with Gasteiger partial charge in [-0.3, -0.25) is 4.79 Å². The van der Waals surface area contributed by atoms with Gasteiger partial charge in [-0.2, -0.15) is 0 Å². The predicted octanol–water partition coefficient (Wildman–Crippen LogP) is 2.68. The van der Waals surface area contributed by atoms with E-state index < -0.39 is 0 Å². The van der Waals surface area contributed by atoms with Crippen LogP contribution in [0, 0.1) is 0 Å². The number of halogens is 1. The van der Waals surface area contributed by atoms with Crippen molar-refractivity contribution in [3.8, 4) is 5.75 Å². The van der Waals surface area contributed by atoms with Gasteiger partial charge in [-0.15, -0.1) is 0 Å². The van der Waals surface area contributed by atoms with E-state index in [0.29, 0.717) is 36.0 Å². The Morgan fingerprint density at radius 1 is 1.39 bits per heavy atom. The summed E-state index contributed by atoms with van der Waals surface area (Å²) in [6.07, 6.45) is 0.423. The second-order valence-corrected chi connectivity index (χ2v) is 4.16. The summed E-state index contributed by atoms with van der Waals surface area (Å²) in [5.41, 5.74) is 0.617. The number of amides is 1. The van der Waals surface area contributed by atoms with Crippen LogP contribution in [0.15, 0.2) is 18.2 Å². The topological polar surface area (TPSA) is 50.4 Å². The van der Waals surface area contributed by atoms with E-state index >= 15 is 0 Å². The minimum atomic E-state index is -0.0563. The molecule has 0 saturated heterocycles. The van der Waals surface area contributed by atoms with Crippen molar-refractivity contribution >= 4 is 23.2 Å². The van der Waals surface area contributed by atoms with E-state index in [1.807, 2.05) is 13.8 Å². The Morgan fingerprint density at radius 3 is 2.83 bits per heavy atom. The number of rotatable bonds is 7. The lowest BCUT2D eigenvalue weighted by atomic mass is 10.2. The van der Waals surface area contributed by atoms with Crippen molar-refractivity contribution in [2.24, 2.45) is 0 Å². The lowest BCUT2D eigenvalue weighted by Gasteiger charge is -2.12. The quantitative estimate of drug-likeness (QED) is 0.749. The molecule has 0 aliphatic heterocycles. The van der Waals surface area contributed by atoms with E-state index in [1.165, 1.54) is 0 Å². The first-order valence-electron chi connectivity index (χ1n) is 6.10. The van der Waals surface area contributed by atoms with Gasteiger partial charge >= 0.3 is 0 Å². The van der Waals surface area contributed by atoms with E-state index in [1.54, 1.807) is 18.2 Å². The zero-order valence-electron chi connectivity index (χ0n) is 10.8. The second-order valence-electron chi connectivity index (χ2n) is 3.73. The summed E-state index contributed by atoms with van der Waals surface area (Å²) in [7, 11) is 0. The monoisotopic (exact) mass is 270 g/mol. The molecule has 1 aromatic rings. The average Bonchev–Trinajstić information content (AvgIpc) is 2.33. The third-order valence-corrected chi connectivity index (χ3v) is 2.53. The number of hydrogen-bond donors (Lipinski definition) is 2. The first kappa shape index (κ1) is 14.8. The molecule has 0 fully saturated rings. The number of hydrogen-bond acceptors (Lipinski definition) is 3. The summed E-state index contributed by atoms with van der Waals surface area (Å²) < 4.78 is 5.43. The summed E-state index contributed by atoms with van der Waals surface area (Å²) in [6.45, 7) is 5.96. The third kappa shape index (κ3) is 4.94. The second kappa shape index (κ2) is 7.95. The molecule has 1 aromatic carbocycles. The molecule has 2 N–H and O–H groups in total. The van der Waals surface area contributed by atoms with Gasteiger partial charge in [0.25, 0.3) is 0 Å². The zero-order valence-corrected chi connectivity index (χ0v) is 11.5. The molecule has 18 heavy (non-hydrogen) atoms. The number of ether oxygens (including phenoxy) is 1. The van der Waals surface area contributed by atoms with Gasteiger partial charge in [0.2, 0.25) is 5.91 Å². The van der Waals surface area contributed by atoms with Gasteiger partial charge < -0.3 is 15.4 Å². The van der Waals surface area contributed by atoms with Gasteiger partial charge in [0, 0.05) is 18.0 Å². The van der Waals surface area contributed by atoms with Crippen molar-refractivity contribution in [3.05, 3.63) is 23.2 Å². The molecule has 0 bridgehead atoms. The summed E-state index contributed by atoms with van der Waals surface area (Å²) in [4.78, 5) is 11.7. The third-order valence-electron chi connectivity index (χ3n) is 2.29. The summed E-state index contributed by atoms with van der Waals surface area (Å²) in [5, 5.41) is 6.47. The maximum absolute atomic E-state index is 11.7. The largest absolute Gasteiger partial charge is 0.492 e. The molecule has 4 nitrogen and oxygen atoms in total. The number of carbonyl (C=O) groups excluding carboxylic acids is 1. The highest BCUT2D eigenvalue weighted by Crippen LogP contribution is 2.28. The summed E-state index contributed by atoms with van der Waals surface area (Å²) >= 11 is 5.91. The molecule has 0 aliphatic carbocycles. The molecule has 100 valence electrons. The highest BCUT2D eigenvalue weighted by molar-refractivity contribution is 6.31. The fourth-order valence-corrected chi connectivity index (χ4v) is 1.64. The van der Waals surface area contributed by atoms with Crippen LogP contribution in [0.4, 0.5) is 5.69 Å². The van der Waals surface area contributed by atoms with Crippen LogP contribution in [0.2, 0.25) is 5.02 Å². The van der Waals surface area contributed by atoms with Gasteiger partial charge in [-0.25, -0.2) is 0 Å². The molecule has 0 atom stereocenters. The van der Waals surface area contributed by atoms with Crippen LogP contribution >= 0.6 is 11.6 Å². The van der Waals surface area contributed by atoms with E-state index in [9.17, 15) is 4.79 Å². The van der Waals surface area contributed by atoms with Crippen LogP contribution in [0.3, 0.4) is 0 Å². The minimum absolute atomic E-state index is 0.0563. The molecule has 0 unspecified atom stereocenters. The standard InChI is InChI=1S/C13H19ClN2O2/c1-3-15-8-7-13(17)16-11-9-10(14)5-6-12(11)18-4-2/h5-6,9,15H,3-4,7-8H2,1-2H3,(H,16,17). The van der Waals surface area contributed by atoms with E-state index in [4.69, 9.17) is 16.3 Å². The van der Waals surface area contributed by atoms with E-state index in [-0.39, 0.29) is 5.91 Å². The molecule has 0 radical (unpaired) electrons. The molecular formula is C13H19ClN2O2. The van der Waals surface area contributed by atoms with Crippen LogP contribution in [0.1, 0.15) is 20.3 Å². The van der Waals surface area contributed by atoms with Gasteiger partial charge in [-0.05, 0) is 31.7 Å². The number of carbonyl (C=O) groups is 1. The number of benzene rings is 1. The average molecular weight is 271 g/mol. The Hall–Kier alpha value is -1.26. The summed E-state index contributed by atoms with van der Waals surface area (Å²) in [5.74, 6) is 0.581. The molecule has 0 heterocycles. The van der Waals surface area contributed by atoms with Crippen molar-refractivity contribution in [1.29, 1.82) is 0 Å². The fraction of sp³-hybridized carbons (Fsp3) is 0.462. The Labute approximate surface area is 113 Å². The van der Waals surface area contributed by atoms with E-state index in [2.05, 4.69) is 10.6 Å². The van der Waals surface area contributed by atoms with Gasteiger partial charge in [0.05, 0.1) is 12.3 Å². The van der Waals surface area contributed by atoms with Gasteiger partial charge in [0.1, 0.15) is 5.75 Å². The molecule has 0 saturated carbocycles. The predicted molar refractivity (Wildman–Crippen MR) is 74.4 cm³/mol. The van der Waals surface area contributed by atoms with Crippen LogP contribution in [-0.4, -0.2) is 25.6 Å². The van der Waals surface area contributed by atoms with Gasteiger partial charge in [-0.1, -0.05) is 18.5 Å². The fourth-order valence-electron chi connectivity index (χ4n) is 1.47. The highest BCUT2D eigenvalue weighted by atomic mass is 35.5. The SMILES string of the molecule is CCNCCC(=O)Nc1cc(Cl)ccc1OCC. The van der Waals surface area contributed by atoms with Crippen molar-refractivity contribution in [3.63, 3.8) is 0 Å². The van der Waals surface area contributed by atoms with Crippen LogP contribution < -0.4 is 15.4 Å². The minimum Gasteiger partial charge on any atom is -0.492 e. The lowest BCUT2D eigenvalue weighted by Crippen LogP contribution is -2.21. The Kier molecular flexibility index (Phi) is 6.54. The molecule has 5 heteroatoms. The van der Waals surface area contributed by atoms with Crippen LogP contribution in [0.5, 0.6) is 5.75 Å². The normalized spacial score (nSPS) is 10.2. The zero-order chi connectivity index (χ0) is 13.4. The van der Waals surface area contributed by atoms with E-state index in [0.717, 1.165) is 6.54 Å². The first-order valence-corrected chi connectivity index (χ1v) is 6.48. The van der Waals surface area contributed by atoms with Gasteiger partial charge in [0.15, 0.2) is 0 Å². The van der Waals surface area contributed by atoms with Crippen LogP contribution in [-0.2, 0) is 4.79 Å². The van der Waals surface area contributed by atoms with Crippen molar-refractivity contribution in [2.45, 2.75) is 20.3 Å². The van der Waals surface area contributed by atoms with Crippen molar-refractivity contribution < 1.29 is 9.53 Å². The molecule has 0 aliphatic rings. The molecular weight excluding hydrogens is 252 g/mol. The number of nitrogens with one attached hydrogen (secondary N) is 2. The lowest BCUT2D eigenvalue weighted by molar-refractivity contribution is -0.116. The Morgan fingerprint density at radius 2 is 2.17 bits per heavy atom. The van der Waals surface area contributed by atoms with Crippen LogP contribution in [0.25, 0.3) is 0 Å². The molecule has 1 amide bonds. The number of anilines is 1. The molecule has 0 spiro atoms. The maximum Gasteiger partial charge on any atom is 0.225 e. The Balaban J connectivity index is 2.63. The highest BCUT2D eigenvalue weighted by Gasteiger charge is 2.08. The first-order chi connectivity index (χ1) is 8.67. The Bertz CT molecular complexity index is 397.